The second-order valence-corrected chi connectivity index (χ2v) is 18.9. The van der Waals surface area contributed by atoms with Crippen LogP contribution < -0.4 is 0 Å². The van der Waals surface area contributed by atoms with Crippen molar-refractivity contribution in [2.45, 2.75) is 131 Å². The van der Waals surface area contributed by atoms with Gasteiger partial charge < -0.3 is 14.7 Å². The summed E-state index contributed by atoms with van der Waals surface area (Å²) in [5.41, 5.74) is 2.83. The summed E-state index contributed by atoms with van der Waals surface area (Å²) in [6.07, 6.45) is 14.5. The Labute approximate surface area is 290 Å². The van der Waals surface area contributed by atoms with Crippen molar-refractivity contribution in [3.8, 4) is 0 Å². The van der Waals surface area contributed by atoms with Crippen molar-refractivity contribution in [3.63, 3.8) is 0 Å². The molecule has 0 aromatic heterocycles. The third-order valence-corrected chi connectivity index (χ3v) is 16.7. The molecule has 1 heterocycles. The number of aliphatic hydroxyl groups is 1. The fraction of sp³-hybridized carbons (Fsp3) is 0.767. The van der Waals surface area contributed by atoms with Crippen LogP contribution in [0.1, 0.15) is 146 Å². The topological polar surface area (TPSA) is 66.8 Å². The highest BCUT2D eigenvalue weighted by Gasteiger charge is 2.71. The summed E-state index contributed by atoms with van der Waals surface area (Å²) in [6.45, 7) is 21.3. The molecule has 1 aliphatic heterocycles. The standard InChI is InChI=1S/C43H63NO4/c1-28(2)29-17-22-43(27-48-38(47)31-14-10-9-13-30(31)37(46)44-25-11-8-12-26-44)24-23-41(6)32(36(29)43)15-16-34-40(5)20-19-35(45)39(3,4)33(40)18-21-42(34,41)7/h9-10,13-14,29,32-36,45H,1,8,11-12,15-27H2,2-7H3/t29-,32+,33-,34+,35-,36+,40-,41+,42+,43+/m0/s1. The number of carbonyl (C=O) groups excluding carboxylic acids is 2. The molecule has 48 heavy (non-hydrogen) atoms. The first-order chi connectivity index (χ1) is 22.7. The summed E-state index contributed by atoms with van der Waals surface area (Å²) in [6, 6.07) is 7.30. The van der Waals surface area contributed by atoms with Gasteiger partial charge in [-0.25, -0.2) is 4.79 Å². The van der Waals surface area contributed by atoms with E-state index in [-0.39, 0.29) is 45.1 Å². The summed E-state index contributed by atoms with van der Waals surface area (Å²) in [7, 11) is 0. The zero-order valence-corrected chi connectivity index (χ0v) is 30.9. The molecule has 1 amide bonds. The van der Waals surface area contributed by atoms with Crippen LogP contribution in [-0.4, -0.2) is 47.7 Å². The van der Waals surface area contributed by atoms with Gasteiger partial charge in [-0.2, -0.15) is 0 Å². The normalized spacial score (nSPS) is 43.3. The maximum Gasteiger partial charge on any atom is 0.338 e. The molecule has 5 heteroatoms. The third-order valence-electron chi connectivity index (χ3n) is 16.7. The van der Waals surface area contributed by atoms with E-state index in [1.54, 1.807) is 12.1 Å². The molecule has 0 unspecified atom stereocenters. The summed E-state index contributed by atoms with van der Waals surface area (Å²) in [5.74, 6) is 2.33. The van der Waals surface area contributed by atoms with Crippen LogP contribution in [0.2, 0.25) is 0 Å². The van der Waals surface area contributed by atoms with Crippen LogP contribution in [-0.2, 0) is 4.74 Å². The van der Waals surface area contributed by atoms with Gasteiger partial charge in [-0.05, 0) is 154 Å². The Morgan fingerprint density at radius 1 is 0.833 bits per heavy atom. The molecular weight excluding hydrogens is 594 g/mol. The number of piperidine rings is 1. The number of aliphatic hydroxyl groups excluding tert-OH is 1. The number of rotatable bonds is 5. The van der Waals surface area contributed by atoms with Crippen molar-refractivity contribution >= 4 is 11.9 Å². The highest BCUT2D eigenvalue weighted by Crippen LogP contribution is 2.77. The van der Waals surface area contributed by atoms with Crippen molar-refractivity contribution in [3.05, 3.63) is 47.5 Å². The molecule has 1 aromatic carbocycles. The number of ether oxygens (including phenoxy) is 1. The maximum absolute atomic E-state index is 13.9. The number of esters is 1. The molecule has 1 N–H and O–H groups in total. The summed E-state index contributed by atoms with van der Waals surface area (Å²) in [5, 5.41) is 11.1. The molecule has 6 fully saturated rings. The number of allylic oxidation sites excluding steroid dienone is 1. The summed E-state index contributed by atoms with van der Waals surface area (Å²) >= 11 is 0. The Morgan fingerprint density at radius 3 is 2.25 bits per heavy atom. The number of amides is 1. The minimum Gasteiger partial charge on any atom is -0.461 e. The van der Waals surface area contributed by atoms with E-state index >= 15 is 0 Å². The van der Waals surface area contributed by atoms with E-state index in [9.17, 15) is 14.7 Å². The first-order valence-electron chi connectivity index (χ1n) is 19.6. The van der Waals surface area contributed by atoms with Crippen molar-refractivity contribution in [1.29, 1.82) is 0 Å². The van der Waals surface area contributed by atoms with Crippen molar-refractivity contribution in [2.75, 3.05) is 19.7 Å². The van der Waals surface area contributed by atoms with Gasteiger partial charge in [-0.3, -0.25) is 4.79 Å². The number of fused-ring (bicyclic) bond motifs is 7. The number of likely N-dealkylation sites (tertiary alicyclic amines) is 1. The first-order valence-corrected chi connectivity index (χ1v) is 19.6. The lowest BCUT2D eigenvalue weighted by molar-refractivity contribution is -0.249. The molecule has 0 spiro atoms. The average Bonchev–Trinajstić information content (AvgIpc) is 3.46. The lowest BCUT2D eigenvalue weighted by Gasteiger charge is -2.73. The van der Waals surface area contributed by atoms with Gasteiger partial charge in [-0.15, -0.1) is 0 Å². The molecule has 0 bridgehead atoms. The zero-order valence-electron chi connectivity index (χ0n) is 30.9. The fourth-order valence-corrected chi connectivity index (χ4v) is 13.9. The summed E-state index contributed by atoms with van der Waals surface area (Å²) < 4.78 is 6.38. The van der Waals surface area contributed by atoms with Gasteiger partial charge in [0, 0.05) is 18.5 Å². The van der Waals surface area contributed by atoms with Crippen LogP contribution in [0.15, 0.2) is 36.4 Å². The van der Waals surface area contributed by atoms with E-state index in [0.717, 1.165) is 64.5 Å². The van der Waals surface area contributed by atoms with E-state index in [2.05, 4.69) is 48.1 Å². The van der Waals surface area contributed by atoms with E-state index < -0.39 is 0 Å². The van der Waals surface area contributed by atoms with E-state index in [4.69, 9.17) is 4.74 Å². The maximum atomic E-state index is 13.9. The first kappa shape index (κ1) is 34.3. The second kappa shape index (κ2) is 12.0. The molecular formula is C43H63NO4. The van der Waals surface area contributed by atoms with Gasteiger partial charge in [0.25, 0.3) is 5.91 Å². The van der Waals surface area contributed by atoms with Gasteiger partial charge in [0.2, 0.25) is 0 Å². The zero-order chi connectivity index (χ0) is 34.3. The predicted molar refractivity (Wildman–Crippen MR) is 191 cm³/mol. The predicted octanol–water partition coefficient (Wildman–Crippen LogP) is 9.49. The Bertz CT molecular complexity index is 1440. The van der Waals surface area contributed by atoms with Crippen LogP contribution in [0.5, 0.6) is 0 Å². The minimum absolute atomic E-state index is 0.0365. The molecule has 5 aliphatic carbocycles. The lowest BCUT2D eigenvalue weighted by atomic mass is 9.32. The van der Waals surface area contributed by atoms with Gasteiger partial charge in [0.1, 0.15) is 0 Å². The molecule has 7 rings (SSSR count). The third kappa shape index (κ3) is 4.93. The quantitative estimate of drug-likeness (QED) is 0.253. The molecule has 5 nitrogen and oxygen atoms in total. The number of nitrogens with zero attached hydrogens (tertiary/aromatic N) is 1. The van der Waals surface area contributed by atoms with Crippen LogP contribution in [0.3, 0.4) is 0 Å². The molecule has 6 aliphatic rings. The number of carbonyl (C=O) groups is 2. The Kier molecular flexibility index (Phi) is 8.57. The highest BCUT2D eigenvalue weighted by molar-refractivity contribution is 6.05. The smallest absolute Gasteiger partial charge is 0.338 e. The average molecular weight is 658 g/mol. The van der Waals surface area contributed by atoms with Crippen LogP contribution in [0.4, 0.5) is 0 Å². The molecule has 10 atom stereocenters. The van der Waals surface area contributed by atoms with Gasteiger partial charge in [-0.1, -0.05) is 58.9 Å². The summed E-state index contributed by atoms with van der Waals surface area (Å²) in [4.78, 5) is 29.3. The largest absolute Gasteiger partial charge is 0.461 e. The van der Waals surface area contributed by atoms with Gasteiger partial charge >= 0.3 is 5.97 Å². The van der Waals surface area contributed by atoms with Crippen LogP contribution in [0, 0.1) is 56.7 Å². The second-order valence-electron chi connectivity index (χ2n) is 18.9. The minimum atomic E-state index is -0.347. The van der Waals surface area contributed by atoms with Crippen molar-refractivity contribution in [1.82, 2.24) is 4.90 Å². The van der Waals surface area contributed by atoms with Gasteiger partial charge in [0.05, 0.1) is 23.8 Å². The SMILES string of the molecule is C=C(C)[C@@H]1CC[C@]2(COC(=O)c3ccccc3C(=O)N3CCCCC3)CC[C@]3(C)[C@H](CC[C@@H]4[C@@]5(C)CC[C@H](O)C(C)(C)[C@@H]5CC[C@]43C)[C@@H]12. The number of benzene rings is 1. The molecule has 264 valence electrons. The Balaban J connectivity index is 1.15. The monoisotopic (exact) mass is 657 g/mol. The lowest BCUT2D eigenvalue weighted by Crippen LogP contribution is -2.66. The van der Waals surface area contributed by atoms with E-state index in [1.165, 1.54) is 37.7 Å². The number of hydrogen-bond acceptors (Lipinski definition) is 4. The van der Waals surface area contributed by atoms with Gasteiger partial charge in [0.15, 0.2) is 0 Å². The Morgan fingerprint density at radius 2 is 1.54 bits per heavy atom. The van der Waals surface area contributed by atoms with Crippen molar-refractivity contribution in [2.24, 2.45) is 56.7 Å². The Hall–Kier alpha value is -2.14. The van der Waals surface area contributed by atoms with Crippen LogP contribution in [0.25, 0.3) is 0 Å². The van der Waals surface area contributed by atoms with Crippen molar-refractivity contribution < 1.29 is 19.4 Å². The molecule has 5 saturated carbocycles. The molecule has 0 radical (unpaired) electrons. The highest BCUT2D eigenvalue weighted by atomic mass is 16.5. The fourth-order valence-electron chi connectivity index (χ4n) is 13.9. The number of hydrogen-bond donors (Lipinski definition) is 1. The van der Waals surface area contributed by atoms with E-state index in [1.807, 2.05) is 17.0 Å². The molecule has 1 saturated heterocycles. The van der Waals surface area contributed by atoms with E-state index in [0.29, 0.717) is 47.3 Å². The molecule has 1 aromatic rings. The van der Waals surface area contributed by atoms with Crippen LogP contribution >= 0.6 is 0 Å².